The molecule has 1 aliphatic heterocycles. The minimum absolute atomic E-state index is 0.0186. The molecule has 3 rings (SSSR count). The molecule has 24 heavy (non-hydrogen) atoms. The Morgan fingerprint density at radius 1 is 1.46 bits per heavy atom. The number of aromatic nitrogens is 3. The van der Waals surface area contributed by atoms with Crippen LogP contribution in [0.3, 0.4) is 0 Å². The smallest absolute Gasteiger partial charge is 0.341 e. The van der Waals surface area contributed by atoms with Gasteiger partial charge in [-0.2, -0.15) is 0 Å². The van der Waals surface area contributed by atoms with E-state index in [2.05, 4.69) is 53.2 Å². The van der Waals surface area contributed by atoms with Crippen LogP contribution in [0.4, 0.5) is 0 Å². The Morgan fingerprint density at radius 3 is 2.67 bits per heavy atom. The largest absolute Gasteiger partial charge is 0.477 e. The van der Waals surface area contributed by atoms with Gasteiger partial charge in [0.1, 0.15) is 10.2 Å². The summed E-state index contributed by atoms with van der Waals surface area (Å²) < 4.78 is 4.81. The van der Waals surface area contributed by atoms with E-state index >= 15 is 0 Å². The first-order chi connectivity index (χ1) is 11.1. The first kappa shape index (κ1) is 17.0. The molecule has 0 saturated carbocycles. The Balaban J connectivity index is 2.35. The van der Waals surface area contributed by atoms with Crippen molar-refractivity contribution in [2.45, 2.75) is 46.7 Å². The number of rotatable bonds is 2. The molecular weight excluding hydrogens is 374 g/mol. The van der Waals surface area contributed by atoms with Crippen molar-refractivity contribution in [1.82, 2.24) is 14.1 Å². The second-order valence-electron chi connectivity index (χ2n) is 7.17. The third-order valence-electron chi connectivity index (χ3n) is 4.59. The Morgan fingerprint density at radius 2 is 2.12 bits per heavy atom. The van der Waals surface area contributed by atoms with Crippen LogP contribution in [0.5, 0.6) is 0 Å². The number of aromatic carboxylic acids is 1. The molecule has 3 heterocycles. The molecule has 0 fully saturated rings. The fourth-order valence-electron chi connectivity index (χ4n) is 3.29. The van der Waals surface area contributed by atoms with E-state index in [1.807, 2.05) is 4.57 Å². The molecule has 0 unspecified atom stereocenters. The predicted octanol–water partition coefficient (Wildman–Crippen LogP) is 3.34. The predicted molar refractivity (Wildman–Crippen MR) is 94.5 cm³/mol. The standard InChI is InChI=1S/C17H20BrN3O3/c1-5-10-14(18)19-15-11-6-12(22)9(16(23)24)7-20(11)13(8-21(10)15)17(2,3)4/h6-7,13H,5,8H2,1-4H3,(H,23,24)/t13-/m0/s1. The van der Waals surface area contributed by atoms with Gasteiger partial charge >= 0.3 is 5.97 Å². The van der Waals surface area contributed by atoms with Crippen LogP contribution in [0.1, 0.15) is 49.8 Å². The number of carbonyl (C=O) groups is 1. The van der Waals surface area contributed by atoms with Gasteiger partial charge in [0.15, 0.2) is 11.3 Å². The van der Waals surface area contributed by atoms with Crippen molar-refractivity contribution >= 4 is 21.9 Å². The van der Waals surface area contributed by atoms with E-state index in [9.17, 15) is 14.7 Å². The zero-order valence-electron chi connectivity index (χ0n) is 14.1. The summed E-state index contributed by atoms with van der Waals surface area (Å²) in [6.45, 7) is 9.10. The second-order valence-corrected chi connectivity index (χ2v) is 7.92. The first-order valence-corrected chi connectivity index (χ1v) is 8.69. The molecule has 0 radical (unpaired) electrons. The fraction of sp³-hybridized carbons (Fsp3) is 0.471. The highest BCUT2D eigenvalue weighted by molar-refractivity contribution is 9.10. The molecule has 2 aromatic heterocycles. The monoisotopic (exact) mass is 393 g/mol. The minimum Gasteiger partial charge on any atom is -0.477 e. The van der Waals surface area contributed by atoms with E-state index in [1.165, 1.54) is 12.3 Å². The van der Waals surface area contributed by atoms with Crippen LogP contribution in [0, 0.1) is 5.41 Å². The molecular formula is C17H20BrN3O3. The Kier molecular flexibility index (Phi) is 3.94. The van der Waals surface area contributed by atoms with Crippen molar-refractivity contribution in [2.24, 2.45) is 5.41 Å². The van der Waals surface area contributed by atoms with Gasteiger partial charge in [-0.25, -0.2) is 9.78 Å². The number of hydrogen-bond donors (Lipinski definition) is 1. The van der Waals surface area contributed by atoms with Crippen LogP contribution >= 0.6 is 15.9 Å². The third kappa shape index (κ3) is 2.51. The summed E-state index contributed by atoms with van der Waals surface area (Å²) >= 11 is 3.50. The quantitative estimate of drug-likeness (QED) is 0.848. The minimum atomic E-state index is -1.20. The Labute approximate surface area is 148 Å². The van der Waals surface area contributed by atoms with E-state index in [4.69, 9.17) is 0 Å². The van der Waals surface area contributed by atoms with Crippen LogP contribution in [0.15, 0.2) is 21.7 Å². The number of pyridine rings is 1. The van der Waals surface area contributed by atoms with Gasteiger partial charge in [-0.3, -0.25) is 4.79 Å². The van der Waals surface area contributed by atoms with Gasteiger partial charge in [-0.1, -0.05) is 27.7 Å². The lowest BCUT2D eigenvalue weighted by atomic mass is 9.85. The van der Waals surface area contributed by atoms with Crippen molar-refractivity contribution in [3.8, 4) is 11.5 Å². The number of nitrogens with zero attached hydrogens (tertiary/aromatic N) is 3. The van der Waals surface area contributed by atoms with Crippen molar-refractivity contribution in [2.75, 3.05) is 0 Å². The van der Waals surface area contributed by atoms with Crippen molar-refractivity contribution in [3.63, 3.8) is 0 Å². The summed E-state index contributed by atoms with van der Waals surface area (Å²) in [5.41, 5.74) is 0.936. The normalized spacial score (nSPS) is 16.6. The highest BCUT2D eigenvalue weighted by Crippen LogP contribution is 2.41. The second kappa shape index (κ2) is 5.58. The van der Waals surface area contributed by atoms with Gasteiger partial charge in [0, 0.05) is 18.8 Å². The Hall–Kier alpha value is -1.89. The number of hydrogen-bond acceptors (Lipinski definition) is 3. The molecule has 0 aromatic carbocycles. The molecule has 0 bridgehead atoms. The van der Waals surface area contributed by atoms with Crippen molar-refractivity contribution in [1.29, 1.82) is 0 Å². The zero-order valence-corrected chi connectivity index (χ0v) is 15.7. The van der Waals surface area contributed by atoms with Crippen LogP contribution in [0.25, 0.3) is 11.5 Å². The fourth-order valence-corrected chi connectivity index (χ4v) is 3.95. The maximum absolute atomic E-state index is 12.2. The van der Waals surface area contributed by atoms with Gasteiger partial charge < -0.3 is 14.2 Å². The maximum Gasteiger partial charge on any atom is 0.341 e. The number of halogens is 1. The molecule has 1 aliphatic rings. The number of carboxylic acids is 1. The van der Waals surface area contributed by atoms with Crippen LogP contribution < -0.4 is 5.43 Å². The van der Waals surface area contributed by atoms with Crippen LogP contribution in [0.2, 0.25) is 0 Å². The van der Waals surface area contributed by atoms with E-state index < -0.39 is 11.4 Å². The lowest BCUT2D eigenvalue weighted by molar-refractivity contribution is 0.0693. The number of imidazole rings is 1. The summed E-state index contributed by atoms with van der Waals surface area (Å²) in [5.74, 6) is -0.499. The molecule has 7 heteroatoms. The highest BCUT2D eigenvalue weighted by Gasteiger charge is 2.35. The van der Waals surface area contributed by atoms with Gasteiger partial charge in [-0.15, -0.1) is 0 Å². The summed E-state index contributed by atoms with van der Waals surface area (Å²) in [4.78, 5) is 28.2. The van der Waals surface area contributed by atoms with Crippen molar-refractivity contribution < 1.29 is 9.90 Å². The average molecular weight is 394 g/mol. The maximum atomic E-state index is 12.2. The summed E-state index contributed by atoms with van der Waals surface area (Å²) in [6, 6.07) is 1.41. The van der Waals surface area contributed by atoms with E-state index in [0.717, 1.165) is 16.7 Å². The van der Waals surface area contributed by atoms with E-state index in [-0.39, 0.29) is 17.0 Å². The summed E-state index contributed by atoms with van der Waals surface area (Å²) in [5, 5.41) is 9.30. The highest BCUT2D eigenvalue weighted by atomic mass is 79.9. The molecule has 6 nitrogen and oxygen atoms in total. The average Bonchev–Trinajstić information content (AvgIpc) is 2.80. The molecule has 0 spiro atoms. The first-order valence-electron chi connectivity index (χ1n) is 7.90. The summed E-state index contributed by atoms with van der Waals surface area (Å²) in [7, 11) is 0. The Bertz CT molecular complexity index is 890. The summed E-state index contributed by atoms with van der Waals surface area (Å²) in [6.07, 6.45) is 2.29. The lowest BCUT2D eigenvalue weighted by Gasteiger charge is -2.38. The van der Waals surface area contributed by atoms with Crippen LogP contribution in [-0.4, -0.2) is 25.2 Å². The SMILES string of the molecule is CCc1c(Br)nc2n1C[C@@H](C(C)(C)C)n1cc(C(=O)O)c(=O)cc1-2. The molecule has 0 aliphatic carbocycles. The molecule has 0 amide bonds. The van der Waals surface area contributed by atoms with E-state index in [1.54, 1.807) is 0 Å². The van der Waals surface area contributed by atoms with Crippen molar-refractivity contribution in [3.05, 3.63) is 38.3 Å². The molecule has 2 aromatic rings. The van der Waals surface area contributed by atoms with E-state index in [0.29, 0.717) is 18.1 Å². The zero-order chi connectivity index (χ0) is 17.8. The topological polar surface area (TPSA) is 77.1 Å². The third-order valence-corrected chi connectivity index (χ3v) is 5.22. The molecule has 0 saturated heterocycles. The molecule has 128 valence electrons. The van der Waals surface area contributed by atoms with Gasteiger partial charge in [0.25, 0.3) is 0 Å². The van der Waals surface area contributed by atoms with Crippen LogP contribution in [-0.2, 0) is 13.0 Å². The number of fused-ring (bicyclic) bond motifs is 3. The molecule has 1 atom stereocenters. The molecule has 1 N–H and O–H groups in total. The number of carboxylic acid groups (broad SMARTS) is 1. The van der Waals surface area contributed by atoms with Gasteiger partial charge in [0.2, 0.25) is 0 Å². The lowest BCUT2D eigenvalue weighted by Crippen LogP contribution is -2.35. The van der Waals surface area contributed by atoms with Gasteiger partial charge in [0.05, 0.1) is 17.4 Å². The van der Waals surface area contributed by atoms with Gasteiger partial charge in [-0.05, 0) is 27.8 Å².